The van der Waals surface area contributed by atoms with Gasteiger partial charge in [0.05, 0.1) is 12.5 Å². The van der Waals surface area contributed by atoms with Gasteiger partial charge in [0.1, 0.15) is 0 Å². The van der Waals surface area contributed by atoms with Crippen molar-refractivity contribution >= 4 is 0 Å². The largest absolute Gasteiger partial charge is 0.522 e. The third kappa shape index (κ3) is 6.44. The van der Waals surface area contributed by atoms with Crippen LogP contribution in [-0.4, -0.2) is 56.8 Å². The Morgan fingerprint density at radius 2 is 1.84 bits per heavy atom. The van der Waals surface area contributed by atoms with E-state index in [4.69, 9.17) is 0 Å². The highest BCUT2D eigenvalue weighted by atomic mass is 19.4. The fraction of sp³-hybridized carbons (Fsp3) is 1.00. The smallest absolute Gasteiger partial charge is 0.312 e. The molecular formula is C10H16F6N2O. The summed E-state index contributed by atoms with van der Waals surface area (Å²) in [4.78, 5) is 1.52. The van der Waals surface area contributed by atoms with Crippen LogP contribution < -0.4 is 5.32 Å². The molecule has 0 saturated carbocycles. The highest BCUT2D eigenvalue weighted by molar-refractivity contribution is 4.86. The maximum absolute atomic E-state index is 12.4. The second-order valence-electron chi connectivity index (χ2n) is 4.64. The molecule has 2 atom stereocenters. The first-order valence-electron chi connectivity index (χ1n) is 5.77. The third-order valence-corrected chi connectivity index (χ3v) is 2.96. The van der Waals surface area contributed by atoms with Crippen molar-refractivity contribution in [1.82, 2.24) is 10.2 Å². The van der Waals surface area contributed by atoms with Crippen LogP contribution in [0.2, 0.25) is 0 Å². The fourth-order valence-corrected chi connectivity index (χ4v) is 1.99. The zero-order valence-corrected chi connectivity index (χ0v) is 10.3. The minimum Gasteiger partial charge on any atom is -0.312 e. The Balaban J connectivity index is 2.22. The molecule has 0 aromatic carbocycles. The molecule has 1 heterocycles. The van der Waals surface area contributed by atoms with Crippen LogP contribution in [-0.2, 0) is 4.74 Å². The predicted molar refractivity (Wildman–Crippen MR) is 55.5 cm³/mol. The van der Waals surface area contributed by atoms with Gasteiger partial charge in [-0.25, -0.2) is 0 Å². The highest BCUT2D eigenvalue weighted by Gasteiger charge is 2.44. The van der Waals surface area contributed by atoms with E-state index >= 15 is 0 Å². The third-order valence-electron chi connectivity index (χ3n) is 2.96. The lowest BCUT2D eigenvalue weighted by molar-refractivity contribution is -0.324. The first-order valence-corrected chi connectivity index (χ1v) is 5.77. The molecule has 0 amide bonds. The summed E-state index contributed by atoms with van der Waals surface area (Å²) in [5, 5.41) is 2.73. The summed E-state index contributed by atoms with van der Waals surface area (Å²) in [6.07, 6.45) is -8.94. The van der Waals surface area contributed by atoms with Gasteiger partial charge in [-0.3, -0.25) is 4.74 Å². The van der Waals surface area contributed by atoms with Crippen molar-refractivity contribution in [3.63, 3.8) is 0 Å². The number of hydrogen-bond donors (Lipinski definition) is 1. The van der Waals surface area contributed by atoms with E-state index in [0.717, 1.165) is 0 Å². The van der Waals surface area contributed by atoms with Crippen molar-refractivity contribution in [2.45, 2.75) is 25.0 Å². The highest BCUT2D eigenvalue weighted by Crippen LogP contribution is 2.32. The van der Waals surface area contributed by atoms with Crippen LogP contribution in [0.25, 0.3) is 0 Å². The van der Waals surface area contributed by atoms with Crippen molar-refractivity contribution in [1.29, 1.82) is 0 Å². The minimum atomic E-state index is -4.67. The van der Waals surface area contributed by atoms with Gasteiger partial charge in [0.15, 0.2) is 0 Å². The standard InChI is InChI=1S/C10H16F6N2O/c1-18(2-3-19-10(14,15)16)6-8-4-7(5-17-8)9(11,12)13/h7-8,17H,2-6H2,1H3. The van der Waals surface area contributed by atoms with E-state index in [1.54, 1.807) is 7.05 Å². The molecule has 0 aromatic rings. The number of halogens is 6. The molecule has 1 aliphatic heterocycles. The molecular weight excluding hydrogens is 278 g/mol. The van der Waals surface area contributed by atoms with Crippen molar-refractivity contribution in [2.24, 2.45) is 5.92 Å². The van der Waals surface area contributed by atoms with E-state index in [0.29, 0.717) is 0 Å². The Labute approximate surface area is 106 Å². The molecule has 19 heavy (non-hydrogen) atoms. The maximum atomic E-state index is 12.4. The lowest BCUT2D eigenvalue weighted by Gasteiger charge is -2.21. The number of ether oxygens (including phenoxy) is 1. The van der Waals surface area contributed by atoms with E-state index in [-0.39, 0.29) is 32.1 Å². The van der Waals surface area contributed by atoms with Gasteiger partial charge in [0.2, 0.25) is 0 Å². The molecule has 9 heteroatoms. The quantitative estimate of drug-likeness (QED) is 0.785. The topological polar surface area (TPSA) is 24.5 Å². The second-order valence-corrected chi connectivity index (χ2v) is 4.64. The normalized spacial score (nSPS) is 25.3. The number of nitrogens with one attached hydrogen (secondary N) is 1. The van der Waals surface area contributed by atoms with Gasteiger partial charge < -0.3 is 10.2 Å². The zero-order valence-electron chi connectivity index (χ0n) is 10.3. The number of alkyl halides is 6. The summed E-state index contributed by atoms with van der Waals surface area (Å²) in [6, 6.07) is -0.359. The second kappa shape index (κ2) is 6.27. The molecule has 114 valence electrons. The SMILES string of the molecule is CN(CCOC(F)(F)F)CC1CC(C(F)(F)F)CN1. The molecule has 0 aromatic heterocycles. The van der Waals surface area contributed by atoms with E-state index in [1.807, 2.05) is 0 Å². The Bertz CT molecular complexity index is 280. The zero-order chi connectivity index (χ0) is 14.7. The molecule has 1 rings (SSSR count). The average molecular weight is 294 g/mol. The van der Waals surface area contributed by atoms with Gasteiger partial charge in [0, 0.05) is 25.7 Å². The first-order chi connectivity index (χ1) is 8.58. The van der Waals surface area contributed by atoms with Crippen molar-refractivity contribution in [3.8, 4) is 0 Å². The molecule has 0 spiro atoms. The summed E-state index contributed by atoms with van der Waals surface area (Å²) in [6.45, 7) is -0.404. The van der Waals surface area contributed by atoms with Gasteiger partial charge in [-0.05, 0) is 13.5 Å². The summed E-state index contributed by atoms with van der Waals surface area (Å²) >= 11 is 0. The van der Waals surface area contributed by atoms with E-state index in [1.165, 1.54) is 4.90 Å². The number of nitrogens with zero attached hydrogens (tertiary/aromatic N) is 1. The summed E-state index contributed by atoms with van der Waals surface area (Å²) < 4.78 is 76.0. The average Bonchev–Trinajstić information content (AvgIpc) is 2.63. The predicted octanol–water partition coefficient (Wildman–Crippen LogP) is 1.99. The Kier molecular flexibility index (Phi) is 5.45. The van der Waals surface area contributed by atoms with Crippen LogP contribution in [0, 0.1) is 5.92 Å². The Morgan fingerprint density at radius 3 is 2.32 bits per heavy atom. The van der Waals surface area contributed by atoms with E-state index in [9.17, 15) is 26.3 Å². The van der Waals surface area contributed by atoms with Crippen molar-refractivity contribution in [3.05, 3.63) is 0 Å². The fourth-order valence-electron chi connectivity index (χ4n) is 1.99. The van der Waals surface area contributed by atoms with E-state index < -0.39 is 25.1 Å². The lowest BCUT2D eigenvalue weighted by atomic mass is 10.1. The Morgan fingerprint density at radius 1 is 1.21 bits per heavy atom. The first kappa shape index (κ1) is 16.5. The van der Waals surface area contributed by atoms with Crippen LogP contribution in [0.4, 0.5) is 26.3 Å². The van der Waals surface area contributed by atoms with Crippen LogP contribution in [0.15, 0.2) is 0 Å². The molecule has 3 nitrogen and oxygen atoms in total. The molecule has 0 aliphatic carbocycles. The molecule has 0 bridgehead atoms. The summed E-state index contributed by atoms with van der Waals surface area (Å²) in [5.74, 6) is -1.38. The van der Waals surface area contributed by atoms with Crippen LogP contribution in [0.3, 0.4) is 0 Å². The van der Waals surface area contributed by atoms with Gasteiger partial charge in [0.25, 0.3) is 0 Å². The van der Waals surface area contributed by atoms with Gasteiger partial charge in [-0.15, -0.1) is 13.2 Å². The lowest BCUT2D eigenvalue weighted by Crippen LogP contribution is -2.37. The number of hydrogen-bond acceptors (Lipinski definition) is 3. The molecule has 1 fully saturated rings. The molecule has 2 unspecified atom stereocenters. The monoisotopic (exact) mass is 294 g/mol. The van der Waals surface area contributed by atoms with Gasteiger partial charge in [-0.1, -0.05) is 0 Å². The summed E-state index contributed by atoms with van der Waals surface area (Å²) in [7, 11) is 1.54. The summed E-state index contributed by atoms with van der Waals surface area (Å²) in [5.41, 5.74) is 0. The molecule has 1 aliphatic rings. The van der Waals surface area contributed by atoms with Crippen LogP contribution >= 0.6 is 0 Å². The molecule has 1 N–H and O–H groups in total. The minimum absolute atomic E-state index is 0.00831. The number of likely N-dealkylation sites (N-methyl/N-ethyl adjacent to an activating group) is 1. The van der Waals surface area contributed by atoms with E-state index in [2.05, 4.69) is 10.1 Å². The molecule has 1 saturated heterocycles. The van der Waals surface area contributed by atoms with Crippen molar-refractivity contribution < 1.29 is 31.1 Å². The van der Waals surface area contributed by atoms with Crippen LogP contribution in [0.1, 0.15) is 6.42 Å². The van der Waals surface area contributed by atoms with Gasteiger partial charge in [-0.2, -0.15) is 13.2 Å². The molecule has 0 radical (unpaired) electrons. The maximum Gasteiger partial charge on any atom is 0.522 e. The Hall–Kier alpha value is -0.540. The van der Waals surface area contributed by atoms with Gasteiger partial charge >= 0.3 is 12.5 Å². The van der Waals surface area contributed by atoms with Crippen molar-refractivity contribution in [2.75, 3.05) is 33.3 Å². The van der Waals surface area contributed by atoms with Crippen LogP contribution in [0.5, 0.6) is 0 Å². The number of rotatable bonds is 5.